The Morgan fingerprint density at radius 2 is 1.78 bits per heavy atom. The maximum atomic E-state index is 13.8. The zero-order valence-electron chi connectivity index (χ0n) is 21.2. The van der Waals surface area contributed by atoms with E-state index in [0.29, 0.717) is 35.4 Å². The van der Waals surface area contributed by atoms with Gasteiger partial charge in [-0.1, -0.05) is 48.4 Å². The van der Waals surface area contributed by atoms with Gasteiger partial charge in [0, 0.05) is 29.3 Å². The van der Waals surface area contributed by atoms with Crippen molar-refractivity contribution >= 4 is 29.1 Å². The van der Waals surface area contributed by atoms with E-state index in [1.165, 1.54) is 7.11 Å². The van der Waals surface area contributed by atoms with Crippen LogP contribution in [0, 0.1) is 5.92 Å². The van der Waals surface area contributed by atoms with E-state index in [2.05, 4.69) is 0 Å². The van der Waals surface area contributed by atoms with Gasteiger partial charge in [0.15, 0.2) is 17.3 Å². The highest BCUT2D eigenvalue weighted by Gasteiger charge is 2.45. The van der Waals surface area contributed by atoms with Crippen molar-refractivity contribution in [3.63, 3.8) is 0 Å². The van der Waals surface area contributed by atoms with Crippen LogP contribution < -0.4 is 4.74 Å². The van der Waals surface area contributed by atoms with Crippen LogP contribution in [0.4, 0.5) is 0 Å². The maximum Gasteiger partial charge on any atom is 0.315 e. The first-order valence-electron chi connectivity index (χ1n) is 13.0. The van der Waals surface area contributed by atoms with Crippen LogP contribution in [0.3, 0.4) is 0 Å². The smallest absolute Gasteiger partial charge is 0.315 e. The first-order valence-corrected chi connectivity index (χ1v) is 13.4. The Bertz CT molecular complexity index is 1260. The molecule has 0 bridgehead atoms. The highest BCUT2D eigenvalue weighted by Crippen LogP contribution is 2.49. The number of halogens is 1. The summed E-state index contributed by atoms with van der Waals surface area (Å²) in [5.74, 6) is -1.75. The normalized spacial score (nSPS) is 24.4. The maximum absolute atomic E-state index is 13.8. The summed E-state index contributed by atoms with van der Waals surface area (Å²) in [5, 5.41) is 10.5. The Kier molecular flexibility index (Phi) is 7.38. The van der Waals surface area contributed by atoms with Gasteiger partial charge in [0.05, 0.1) is 12.1 Å². The minimum atomic E-state index is -0.761. The molecule has 1 heterocycles. The van der Waals surface area contributed by atoms with Gasteiger partial charge in [0.2, 0.25) is 0 Å². The van der Waals surface area contributed by atoms with Crippen molar-refractivity contribution in [3.8, 4) is 11.5 Å². The lowest BCUT2D eigenvalue weighted by atomic mass is 9.69. The van der Waals surface area contributed by atoms with E-state index in [0.717, 1.165) is 37.7 Å². The van der Waals surface area contributed by atoms with Crippen LogP contribution in [0.15, 0.2) is 58.7 Å². The second-order valence-corrected chi connectivity index (χ2v) is 10.7. The fourth-order valence-electron chi connectivity index (χ4n) is 6.04. The number of phenolic OH excluding ortho intramolecular Hbond substituents is 1. The van der Waals surface area contributed by atoms with Crippen molar-refractivity contribution < 1.29 is 24.2 Å². The van der Waals surface area contributed by atoms with Gasteiger partial charge >= 0.3 is 5.97 Å². The number of rotatable bonds is 5. The minimum absolute atomic E-state index is 0.0216. The van der Waals surface area contributed by atoms with E-state index in [1.807, 2.05) is 37.3 Å². The molecule has 0 radical (unpaired) electrons. The van der Waals surface area contributed by atoms with Crippen molar-refractivity contribution in [3.05, 3.63) is 69.9 Å². The van der Waals surface area contributed by atoms with Crippen LogP contribution in [0.2, 0.25) is 5.02 Å². The van der Waals surface area contributed by atoms with Gasteiger partial charge in [-0.2, -0.15) is 0 Å². The van der Waals surface area contributed by atoms with Crippen LogP contribution in [0.5, 0.6) is 11.5 Å². The Labute approximate surface area is 222 Å². The number of esters is 1. The van der Waals surface area contributed by atoms with Gasteiger partial charge in [0.25, 0.3) is 0 Å². The number of hydrogen-bond donors (Lipinski definition) is 1. The second kappa shape index (κ2) is 10.7. The number of allylic oxidation sites excluding steroid dienone is 2. The zero-order chi connectivity index (χ0) is 26.1. The SMILES string of the molecule is COc1cc([C@H]2C3=C(C[C@@H](c4ccccc4)CC3=O)N=C(C)C2C(=O)OC2CCCCC2)cc(Cl)c1O. The van der Waals surface area contributed by atoms with Gasteiger partial charge in [-0.25, -0.2) is 0 Å². The molecule has 3 aliphatic rings. The Morgan fingerprint density at radius 3 is 2.49 bits per heavy atom. The number of phenols is 1. The van der Waals surface area contributed by atoms with Gasteiger partial charge < -0.3 is 14.6 Å². The molecule has 5 rings (SSSR count). The van der Waals surface area contributed by atoms with E-state index in [9.17, 15) is 14.7 Å². The molecule has 1 fully saturated rings. The van der Waals surface area contributed by atoms with Crippen molar-refractivity contribution in [2.45, 2.75) is 69.8 Å². The van der Waals surface area contributed by atoms with E-state index >= 15 is 0 Å². The summed E-state index contributed by atoms with van der Waals surface area (Å²) in [6, 6.07) is 13.3. The number of ketones is 1. The van der Waals surface area contributed by atoms with E-state index in [4.69, 9.17) is 26.1 Å². The van der Waals surface area contributed by atoms with Crippen molar-refractivity contribution in [2.75, 3.05) is 7.11 Å². The standard InChI is InChI=1S/C30H32ClNO5/c1-17-26(30(35)37-21-11-7-4-8-12-21)27(20-13-22(31)29(34)25(16-20)36-2)28-23(32-17)14-19(15-24(28)33)18-9-5-3-6-10-18/h3,5-6,9-10,13,16,19,21,26-27,34H,4,7-8,11-12,14-15H2,1-2H3/t19-,26?,27-/m1/s1. The highest BCUT2D eigenvalue weighted by atomic mass is 35.5. The van der Waals surface area contributed by atoms with Gasteiger partial charge in [0.1, 0.15) is 12.0 Å². The number of hydrogen-bond acceptors (Lipinski definition) is 6. The summed E-state index contributed by atoms with van der Waals surface area (Å²) in [5.41, 5.74) is 3.58. The molecule has 7 heteroatoms. The topological polar surface area (TPSA) is 85.2 Å². The molecular weight excluding hydrogens is 490 g/mol. The Morgan fingerprint density at radius 1 is 1.05 bits per heavy atom. The highest BCUT2D eigenvalue weighted by molar-refractivity contribution is 6.32. The van der Waals surface area contributed by atoms with Crippen molar-refractivity contribution in [1.29, 1.82) is 0 Å². The predicted molar refractivity (Wildman–Crippen MR) is 142 cm³/mol. The van der Waals surface area contributed by atoms with Crippen LogP contribution in [-0.4, -0.2) is 35.8 Å². The summed E-state index contributed by atoms with van der Waals surface area (Å²) < 4.78 is 11.4. The molecule has 194 valence electrons. The number of benzene rings is 2. The molecule has 1 aliphatic heterocycles. The average Bonchev–Trinajstić information content (AvgIpc) is 2.90. The molecule has 37 heavy (non-hydrogen) atoms. The Hall–Kier alpha value is -3.12. The molecule has 0 amide bonds. The first kappa shape index (κ1) is 25.5. The number of carbonyl (C=O) groups is 2. The molecule has 2 aromatic carbocycles. The second-order valence-electron chi connectivity index (χ2n) is 10.3. The van der Waals surface area contributed by atoms with Gasteiger partial charge in [-0.05, 0) is 68.2 Å². The molecule has 1 N–H and O–H groups in total. The van der Waals surface area contributed by atoms with Crippen LogP contribution >= 0.6 is 11.6 Å². The zero-order valence-corrected chi connectivity index (χ0v) is 22.0. The molecule has 1 unspecified atom stereocenters. The summed E-state index contributed by atoms with van der Waals surface area (Å²) in [4.78, 5) is 32.3. The number of ether oxygens (including phenoxy) is 2. The molecule has 0 spiro atoms. The number of nitrogens with zero attached hydrogens (tertiary/aromatic N) is 1. The fraction of sp³-hybridized carbons (Fsp3) is 0.433. The predicted octanol–water partition coefficient (Wildman–Crippen LogP) is 6.51. The largest absolute Gasteiger partial charge is 0.503 e. The number of carbonyl (C=O) groups excluding carboxylic acids is 2. The molecule has 2 aliphatic carbocycles. The van der Waals surface area contributed by atoms with E-state index in [1.54, 1.807) is 12.1 Å². The fourth-order valence-corrected chi connectivity index (χ4v) is 6.25. The Balaban J connectivity index is 1.58. The van der Waals surface area contributed by atoms with Crippen molar-refractivity contribution in [1.82, 2.24) is 0 Å². The number of Topliss-reactive ketones (excluding diaryl/α,β-unsaturated/α-hetero) is 1. The molecule has 0 saturated heterocycles. The quantitative estimate of drug-likeness (QED) is 0.453. The monoisotopic (exact) mass is 521 g/mol. The van der Waals surface area contributed by atoms with Crippen LogP contribution in [0.1, 0.15) is 74.8 Å². The lowest BCUT2D eigenvalue weighted by Crippen LogP contribution is -2.39. The molecule has 6 nitrogen and oxygen atoms in total. The van der Waals surface area contributed by atoms with Crippen molar-refractivity contribution in [2.24, 2.45) is 10.9 Å². The average molecular weight is 522 g/mol. The van der Waals surface area contributed by atoms with Crippen LogP contribution in [-0.2, 0) is 14.3 Å². The van der Waals surface area contributed by atoms with Gasteiger partial charge in [-0.3, -0.25) is 14.6 Å². The van der Waals surface area contributed by atoms with Crippen LogP contribution in [0.25, 0.3) is 0 Å². The van der Waals surface area contributed by atoms with E-state index < -0.39 is 11.8 Å². The third-order valence-electron chi connectivity index (χ3n) is 7.88. The third-order valence-corrected chi connectivity index (χ3v) is 8.17. The molecule has 3 atom stereocenters. The third kappa shape index (κ3) is 5.04. The summed E-state index contributed by atoms with van der Waals surface area (Å²) >= 11 is 6.37. The number of aromatic hydroxyl groups is 1. The first-order chi connectivity index (χ1) is 17.9. The molecule has 2 aromatic rings. The lowest BCUT2D eigenvalue weighted by Gasteiger charge is -2.37. The van der Waals surface area contributed by atoms with E-state index in [-0.39, 0.29) is 40.3 Å². The summed E-state index contributed by atoms with van der Waals surface area (Å²) in [7, 11) is 1.44. The minimum Gasteiger partial charge on any atom is -0.503 e. The molecule has 1 saturated carbocycles. The van der Waals surface area contributed by atoms with Gasteiger partial charge in [-0.15, -0.1) is 0 Å². The summed E-state index contributed by atoms with van der Waals surface area (Å²) in [6.07, 6.45) is 5.75. The molecular formula is C30H32ClNO5. The molecule has 0 aromatic heterocycles. The summed E-state index contributed by atoms with van der Waals surface area (Å²) in [6.45, 7) is 1.83. The number of aliphatic imine (C=N–C) groups is 1. The lowest BCUT2D eigenvalue weighted by molar-refractivity contribution is -0.153. The number of methoxy groups -OCH3 is 1.